The number of benzene rings is 1. The minimum Gasteiger partial charge on any atom is -0.387 e. The summed E-state index contributed by atoms with van der Waals surface area (Å²) in [5.74, 6) is -0.681. The third-order valence-corrected chi connectivity index (χ3v) is 3.88. The van der Waals surface area contributed by atoms with Gasteiger partial charge in [-0.3, -0.25) is 0 Å². The van der Waals surface area contributed by atoms with E-state index in [2.05, 4.69) is 4.98 Å². The molecule has 22 heavy (non-hydrogen) atoms. The Kier molecular flexibility index (Phi) is 4.27. The summed E-state index contributed by atoms with van der Waals surface area (Å²) in [6, 6.07) is 7.01. The van der Waals surface area contributed by atoms with Gasteiger partial charge >= 0.3 is 0 Å². The monoisotopic (exact) mass is 324 g/mol. The number of nitrogens with zero attached hydrogens (tertiary/aromatic N) is 2. The Morgan fingerprint density at radius 3 is 2.55 bits per heavy atom. The number of hydrogen-bond donors (Lipinski definition) is 1. The molecule has 1 aromatic heterocycles. The fourth-order valence-electron chi connectivity index (χ4n) is 2.39. The number of halogens is 3. The van der Waals surface area contributed by atoms with Gasteiger partial charge in [-0.15, -0.1) is 0 Å². The Morgan fingerprint density at radius 1 is 1.27 bits per heavy atom. The van der Waals surface area contributed by atoms with Crippen molar-refractivity contribution in [3.05, 3.63) is 58.7 Å². The van der Waals surface area contributed by atoms with Crippen molar-refractivity contribution in [1.29, 1.82) is 0 Å². The highest BCUT2D eigenvalue weighted by atomic mass is 35.5. The van der Waals surface area contributed by atoms with Crippen LogP contribution in [0.1, 0.15) is 24.5 Å². The molecular weight excluding hydrogens is 310 g/mol. The van der Waals surface area contributed by atoms with Crippen LogP contribution in [0.4, 0.5) is 14.6 Å². The van der Waals surface area contributed by atoms with Gasteiger partial charge in [0.1, 0.15) is 5.82 Å². The third-order valence-electron chi connectivity index (χ3n) is 3.67. The number of aliphatic hydroxyl groups is 1. The molecule has 0 aliphatic heterocycles. The Morgan fingerprint density at radius 2 is 1.95 bits per heavy atom. The highest BCUT2D eigenvalue weighted by Crippen LogP contribution is 2.34. The lowest BCUT2D eigenvalue weighted by Gasteiger charge is -2.26. The molecule has 0 bridgehead atoms. The van der Waals surface area contributed by atoms with Crippen molar-refractivity contribution < 1.29 is 13.9 Å². The molecule has 1 atom stereocenters. The zero-order chi connectivity index (χ0) is 15.7. The smallest absolute Gasteiger partial charge is 0.167 e. The topological polar surface area (TPSA) is 36.4 Å². The van der Waals surface area contributed by atoms with Crippen molar-refractivity contribution in [3.63, 3.8) is 0 Å². The molecule has 0 saturated heterocycles. The molecule has 0 spiro atoms. The Hall–Kier alpha value is -1.72. The number of anilines is 1. The first-order valence-electron chi connectivity index (χ1n) is 7.06. The standard InChI is InChI=1S/C16H15ClF2N2O/c17-11-7-14(19)16(20-8-11)21(13-5-6-13)9-15(22)10-1-3-12(18)4-2-10/h1-4,7-8,13,15,22H,5-6,9H2. The zero-order valence-corrected chi connectivity index (χ0v) is 12.5. The van der Waals surface area contributed by atoms with Gasteiger partial charge in [-0.2, -0.15) is 0 Å². The quantitative estimate of drug-likeness (QED) is 0.910. The highest BCUT2D eigenvalue weighted by Gasteiger charge is 2.33. The summed E-state index contributed by atoms with van der Waals surface area (Å²) >= 11 is 5.73. The summed E-state index contributed by atoms with van der Waals surface area (Å²) in [6.07, 6.45) is 2.40. The van der Waals surface area contributed by atoms with Crippen LogP contribution in [0.25, 0.3) is 0 Å². The summed E-state index contributed by atoms with van der Waals surface area (Å²) in [5, 5.41) is 10.6. The summed E-state index contributed by atoms with van der Waals surface area (Å²) in [5.41, 5.74) is 0.585. The molecular formula is C16H15ClF2N2O. The van der Waals surface area contributed by atoms with E-state index in [0.717, 1.165) is 12.8 Å². The molecule has 3 rings (SSSR count). The van der Waals surface area contributed by atoms with Crippen LogP contribution in [-0.4, -0.2) is 22.7 Å². The van der Waals surface area contributed by atoms with Crippen molar-refractivity contribution in [2.75, 3.05) is 11.4 Å². The van der Waals surface area contributed by atoms with Crippen LogP contribution in [-0.2, 0) is 0 Å². The van der Waals surface area contributed by atoms with E-state index in [0.29, 0.717) is 5.56 Å². The molecule has 0 radical (unpaired) electrons. The van der Waals surface area contributed by atoms with Crippen LogP contribution in [0.2, 0.25) is 5.02 Å². The van der Waals surface area contributed by atoms with Gasteiger partial charge in [0.15, 0.2) is 11.6 Å². The first-order chi connectivity index (χ1) is 10.5. The van der Waals surface area contributed by atoms with E-state index in [-0.39, 0.29) is 29.2 Å². The van der Waals surface area contributed by atoms with Crippen LogP contribution in [0.3, 0.4) is 0 Å². The van der Waals surface area contributed by atoms with Crippen molar-refractivity contribution in [2.45, 2.75) is 25.0 Å². The maximum absolute atomic E-state index is 14.1. The molecule has 1 saturated carbocycles. The number of aliphatic hydroxyl groups excluding tert-OH is 1. The van der Waals surface area contributed by atoms with E-state index in [1.165, 1.54) is 36.5 Å². The first-order valence-corrected chi connectivity index (χ1v) is 7.43. The second-order valence-electron chi connectivity index (χ2n) is 5.41. The fraction of sp³-hybridized carbons (Fsp3) is 0.312. The van der Waals surface area contributed by atoms with Crippen LogP contribution >= 0.6 is 11.6 Å². The Labute approximate surface area is 132 Å². The summed E-state index contributed by atoms with van der Waals surface area (Å²) in [7, 11) is 0. The maximum Gasteiger partial charge on any atom is 0.167 e. The van der Waals surface area contributed by atoms with Gasteiger partial charge in [-0.1, -0.05) is 23.7 Å². The van der Waals surface area contributed by atoms with Gasteiger partial charge < -0.3 is 10.0 Å². The predicted octanol–water partition coefficient (Wildman–Crippen LogP) is 3.72. The number of pyridine rings is 1. The molecule has 3 nitrogen and oxygen atoms in total. The van der Waals surface area contributed by atoms with Gasteiger partial charge in [0.25, 0.3) is 0 Å². The van der Waals surface area contributed by atoms with Gasteiger partial charge in [-0.05, 0) is 36.6 Å². The lowest BCUT2D eigenvalue weighted by atomic mass is 10.1. The first kappa shape index (κ1) is 15.2. The van der Waals surface area contributed by atoms with Crippen LogP contribution in [0.15, 0.2) is 36.5 Å². The lowest BCUT2D eigenvalue weighted by molar-refractivity contribution is 0.182. The largest absolute Gasteiger partial charge is 0.387 e. The molecule has 1 aromatic carbocycles. The van der Waals surface area contributed by atoms with E-state index in [9.17, 15) is 13.9 Å². The second kappa shape index (κ2) is 6.18. The number of rotatable bonds is 5. The third kappa shape index (κ3) is 3.36. The highest BCUT2D eigenvalue weighted by molar-refractivity contribution is 6.30. The molecule has 6 heteroatoms. The predicted molar refractivity (Wildman–Crippen MR) is 80.9 cm³/mol. The van der Waals surface area contributed by atoms with E-state index in [4.69, 9.17) is 11.6 Å². The van der Waals surface area contributed by atoms with Gasteiger partial charge in [0.05, 0.1) is 11.1 Å². The van der Waals surface area contributed by atoms with Gasteiger partial charge in [0, 0.05) is 18.8 Å². The SMILES string of the molecule is OC(CN(c1ncc(Cl)cc1F)C1CC1)c1ccc(F)cc1. The fourth-order valence-corrected chi connectivity index (χ4v) is 2.53. The molecule has 1 unspecified atom stereocenters. The average molecular weight is 325 g/mol. The Bertz CT molecular complexity index is 662. The normalized spacial score (nSPS) is 15.6. The second-order valence-corrected chi connectivity index (χ2v) is 5.85. The maximum atomic E-state index is 14.1. The molecule has 1 heterocycles. The van der Waals surface area contributed by atoms with Crippen molar-refractivity contribution in [2.24, 2.45) is 0 Å². The summed E-state index contributed by atoms with van der Waals surface area (Å²) in [4.78, 5) is 5.80. The van der Waals surface area contributed by atoms with E-state index in [1.54, 1.807) is 4.90 Å². The van der Waals surface area contributed by atoms with Gasteiger partial charge in [0.2, 0.25) is 0 Å². The van der Waals surface area contributed by atoms with Crippen molar-refractivity contribution >= 4 is 17.4 Å². The molecule has 116 valence electrons. The van der Waals surface area contributed by atoms with Crippen molar-refractivity contribution in [3.8, 4) is 0 Å². The van der Waals surface area contributed by atoms with E-state index in [1.807, 2.05) is 0 Å². The average Bonchev–Trinajstić information content (AvgIpc) is 3.30. The molecule has 1 N–H and O–H groups in total. The summed E-state index contributed by atoms with van der Waals surface area (Å²) < 4.78 is 27.0. The minimum absolute atomic E-state index is 0.165. The molecule has 1 fully saturated rings. The molecule has 1 aliphatic rings. The van der Waals surface area contributed by atoms with Crippen LogP contribution < -0.4 is 4.90 Å². The zero-order valence-electron chi connectivity index (χ0n) is 11.7. The van der Waals surface area contributed by atoms with Crippen LogP contribution in [0, 0.1) is 11.6 Å². The van der Waals surface area contributed by atoms with E-state index < -0.39 is 11.9 Å². The lowest BCUT2D eigenvalue weighted by Crippen LogP contribution is -2.32. The van der Waals surface area contributed by atoms with E-state index >= 15 is 0 Å². The summed E-state index contributed by atoms with van der Waals surface area (Å²) in [6.45, 7) is 0.196. The Balaban J connectivity index is 1.81. The number of aromatic nitrogens is 1. The molecule has 0 amide bonds. The molecule has 2 aromatic rings. The molecule has 1 aliphatic carbocycles. The van der Waals surface area contributed by atoms with Gasteiger partial charge in [-0.25, -0.2) is 13.8 Å². The van der Waals surface area contributed by atoms with Crippen LogP contribution in [0.5, 0.6) is 0 Å². The number of hydrogen-bond acceptors (Lipinski definition) is 3. The van der Waals surface area contributed by atoms with Crippen molar-refractivity contribution in [1.82, 2.24) is 4.98 Å². The minimum atomic E-state index is -0.849.